The summed E-state index contributed by atoms with van der Waals surface area (Å²) in [7, 11) is 0. The van der Waals surface area contributed by atoms with Gasteiger partial charge in [-0.05, 0) is 54.3 Å². The first-order chi connectivity index (χ1) is 6.06. The summed E-state index contributed by atoms with van der Waals surface area (Å²) < 4.78 is 0. The Balaban J connectivity index is 2.01. The summed E-state index contributed by atoms with van der Waals surface area (Å²) in [4.78, 5) is 0. The van der Waals surface area contributed by atoms with Crippen molar-refractivity contribution in [2.75, 3.05) is 0 Å². The van der Waals surface area contributed by atoms with Crippen LogP contribution >= 0.6 is 0 Å². The Kier molecular flexibility index (Phi) is 1.37. The van der Waals surface area contributed by atoms with Crippen LogP contribution in [0.15, 0.2) is 0 Å². The van der Waals surface area contributed by atoms with Gasteiger partial charge in [-0.2, -0.15) is 0 Å². The molecule has 13 heavy (non-hydrogen) atoms. The molecule has 3 saturated carbocycles. The van der Waals surface area contributed by atoms with E-state index < -0.39 is 0 Å². The van der Waals surface area contributed by atoms with Crippen LogP contribution in [0.2, 0.25) is 0 Å². The molecule has 0 heteroatoms. The summed E-state index contributed by atoms with van der Waals surface area (Å²) in [5, 5.41) is 0. The number of rotatable bonds is 0. The Hall–Kier alpha value is 0. The molecule has 0 aromatic rings. The third-order valence-electron chi connectivity index (χ3n) is 5.44. The van der Waals surface area contributed by atoms with E-state index >= 15 is 0 Å². The molecule has 3 aliphatic carbocycles. The number of hydrogen-bond donors (Lipinski definition) is 0. The van der Waals surface area contributed by atoms with Crippen molar-refractivity contribution in [3.05, 3.63) is 0 Å². The minimum absolute atomic E-state index is 0.573. The maximum Gasteiger partial charge on any atom is -0.0189 e. The summed E-state index contributed by atoms with van der Waals surface area (Å²) >= 11 is 0. The molecule has 0 aliphatic heterocycles. The Morgan fingerprint density at radius 3 is 2.54 bits per heavy atom. The molecule has 3 aliphatic rings. The van der Waals surface area contributed by atoms with E-state index in [4.69, 9.17) is 0 Å². The quantitative estimate of drug-likeness (QED) is 0.528. The highest BCUT2D eigenvalue weighted by Crippen LogP contribution is 2.75. The minimum Gasteiger partial charge on any atom is -0.0596 e. The summed E-state index contributed by atoms with van der Waals surface area (Å²) in [6.45, 7) is 7.48. The van der Waals surface area contributed by atoms with Gasteiger partial charge in [0.1, 0.15) is 0 Å². The van der Waals surface area contributed by atoms with Crippen molar-refractivity contribution in [3.8, 4) is 0 Å². The second-order valence-electron chi connectivity index (χ2n) is 6.72. The Morgan fingerprint density at radius 1 is 1.15 bits per heavy atom. The smallest absolute Gasteiger partial charge is 0.0189 e. The molecule has 74 valence electrons. The van der Waals surface area contributed by atoms with Gasteiger partial charge in [-0.1, -0.05) is 27.2 Å². The van der Waals surface area contributed by atoms with Gasteiger partial charge in [0.15, 0.2) is 0 Å². The molecule has 0 heterocycles. The zero-order valence-electron chi connectivity index (χ0n) is 9.27. The van der Waals surface area contributed by atoms with Crippen LogP contribution in [0.3, 0.4) is 0 Å². The predicted octanol–water partition coefficient (Wildman–Crippen LogP) is 3.86. The van der Waals surface area contributed by atoms with Gasteiger partial charge >= 0.3 is 0 Å². The van der Waals surface area contributed by atoms with E-state index in [0.717, 1.165) is 23.2 Å². The summed E-state index contributed by atoms with van der Waals surface area (Å²) in [5.74, 6) is 3.40. The third-order valence-corrected chi connectivity index (χ3v) is 5.44. The predicted molar refractivity (Wildman–Crippen MR) is 55.4 cm³/mol. The fraction of sp³-hybridized carbons (Fsp3) is 1.00. The van der Waals surface area contributed by atoms with Crippen LogP contribution in [0.4, 0.5) is 0 Å². The molecule has 0 nitrogen and oxygen atoms in total. The molecule has 0 radical (unpaired) electrons. The summed E-state index contributed by atoms with van der Waals surface area (Å²) in [6, 6.07) is 0. The maximum absolute atomic E-state index is 2.49. The Labute approximate surface area is 82.1 Å². The maximum atomic E-state index is 2.49. The van der Waals surface area contributed by atoms with E-state index in [1.165, 1.54) is 6.42 Å². The molecule has 4 unspecified atom stereocenters. The van der Waals surface area contributed by atoms with Crippen LogP contribution in [-0.2, 0) is 0 Å². The zero-order valence-corrected chi connectivity index (χ0v) is 9.27. The van der Waals surface area contributed by atoms with E-state index in [1.54, 1.807) is 25.7 Å². The van der Waals surface area contributed by atoms with Crippen molar-refractivity contribution in [2.24, 2.45) is 28.6 Å². The molecule has 4 atom stereocenters. The lowest BCUT2D eigenvalue weighted by Gasteiger charge is -2.45. The van der Waals surface area contributed by atoms with Crippen molar-refractivity contribution < 1.29 is 0 Å². The molecule has 0 bridgehead atoms. The van der Waals surface area contributed by atoms with E-state index in [1.807, 2.05) is 0 Å². The molecule has 3 rings (SSSR count). The van der Waals surface area contributed by atoms with E-state index in [9.17, 15) is 0 Å². The van der Waals surface area contributed by atoms with Crippen molar-refractivity contribution in [1.82, 2.24) is 0 Å². The van der Waals surface area contributed by atoms with Gasteiger partial charge in [0.25, 0.3) is 0 Å². The molecule has 0 N–H and O–H groups in total. The third kappa shape index (κ3) is 0.831. The largest absolute Gasteiger partial charge is 0.0596 e. The monoisotopic (exact) mass is 178 g/mol. The fourth-order valence-electron chi connectivity index (χ4n) is 4.97. The molecule has 0 amide bonds. The molecular formula is C13H22. The lowest BCUT2D eigenvalue weighted by atomic mass is 9.60. The molecule has 0 aromatic carbocycles. The zero-order chi connectivity index (χ0) is 9.27. The van der Waals surface area contributed by atoms with Crippen LogP contribution in [-0.4, -0.2) is 0 Å². The van der Waals surface area contributed by atoms with Crippen LogP contribution in [0.5, 0.6) is 0 Å². The van der Waals surface area contributed by atoms with Crippen molar-refractivity contribution in [3.63, 3.8) is 0 Å². The highest BCUT2D eigenvalue weighted by molar-refractivity contribution is 5.16. The summed E-state index contributed by atoms with van der Waals surface area (Å²) in [6.07, 6.45) is 7.77. The summed E-state index contributed by atoms with van der Waals surface area (Å²) in [5.41, 5.74) is 1.35. The topological polar surface area (TPSA) is 0 Å². The average molecular weight is 178 g/mol. The molecule has 0 spiro atoms. The first kappa shape index (κ1) is 8.32. The Morgan fingerprint density at radius 2 is 1.92 bits per heavy atom. The Bertz CT molecular complexity index is 235. The standard InChI is InChI=1S/C13H22/c1-12(2,3)13-6-4-5-10(13)7-9-8-11(9)13/h9-11H,4-8H2,1-3H3. The fourth-order valence-corrected chi connectivity index (χ4v) is 4.97. The van der Waals surface area contributed by atoms with Crippen LogP contribution in [0.25, 0.3) is 0 Å². The first-order valence-electron chi connectivity index (χ1n) is 6.06. The number of hydrogen-bond acceptors (Lipinski definition) is 0. The van der Waals surface area contributed by atoms with Gasteiger partial charge in [0.2, 0.25) is 0 Å². The van der Waals surface area contributed by atoms with Gasteiger partial charge in [-0.15, -0.1) is 0 Å². The van der Waals surface area contributed by atoms with Crippen LogP contribution in [0.1, 0.15) is 52.9 Å². The first-order valence-corrected chi connectivity index (χ1v) is 6.06. The van der Waals surface area contributed by atoms with Crippen LogP contribution in [0, 0.1) is 28.6 Å². The van der Waals surface area contributed by atoms with Gasteiger partial charge in [-0.25, -0.2) is 0 Å². The molecule has 0 aromatic heterocycles. The van der Waals surface area contributed by atoms with Gasteiger partial charge in [-0.3, -0.25) is 0 Å². The van der Waals surface area contributed by atoms with Gasteiger partial charge < -0.3 is 0 Å². The second-order valence-corrected chi connectivity index (χ2v) is 6.72. The molecule has 3 fully saturated rings. The van der Waals surface area contributed by atoms with E-state index in [2.05, 4.69) is 20.8 Å². The minimum atomic E-state index is 0.573. The highest BCUT2D eigenvalue weighted by Gasteiger charge is 2.67. The lowest BCUT2D eigenvalue weighted by molar-refractivity contribution is 0.0361. The SMILES string of the molecule is CC(C)(C)C12CCCC1CC1CC12. The second kappa shape index (κ2) is 2.15. The van der Waals surface area contributed by atoms with Crippen molar-refractivity contribution in [2.45, 2.75) is 52.9 Å². The number of fused-ring (bicyclic) bond motifs is 3. The van der Waals surface area contributed by atoms with Crippen molar-refractivity contribution >= 4 is 0 Å². The van der Waals surface area contributed by atoms with Gasteiger partial charge in [0, 0.05) is 0 Å². The average Bonchev–Trinajstić information content (AvgIpc) is 2.55. The molecular weight excluding hydrogens is 156 g/mol. The van der Waals surface area contributed by atoms with Crippen LogP contribution < -0.4 is 0 Å². The lowest BCUT2D eigenvalue weighted by Crippen LogP contribution is -2.38. The molecule has 0 saturated heterocycles. The highest BCUT2D eigenvalue weighted by atomic mass is 14.7. The van der Waals surface area contributed by atoms with E-state index in [0.29, 0.717) is 5.41 Å². The van der Waals surface area contributed by atoms with Gasteiger partial charge in [0.05, 0.1) is 0 Å². The van der Waals surface area contributed by atoms with Crippen molar-refractivity contribution in [1.29, 1.82) is 0 Å². The van der Waals surface area contributed by atoms with E-state index in [-0.39, 0.29) is 0 Å². The normalized spacial score (nSPS) is 53.3.